The lowest BCUT2D eigenvalue weighted by molar-refractivity contribution is -0.133. The van der Waals surface area contributed by atoms with Gasteiger partial charge in [0.15, 0.2) is 0 Å². The topological polar surface area (TPSA) is 71.8 Å². The maximum absolute atomic E-state index is 12.9. The van der Waals surface area contributed by atoms with Crippen LogP contribution in [0.25, 0.3) is 0 Å². The highest BCUT2D eigenvalue weighted by Gasteiger charge is 2.27. The van der Waals surface area contributed by atoms with Gasteiger partial charge in [0.25, 0.3) is 5.91 Å². The van der Waals surface area contributed by atoms with Crippen LogP contribution in [0.2, 0.25) is 0 Å². The second-order valence-electron chi connectivity index (χ2n) is 6.86. The molecule has 2 aromatic rings. The van der Waals surface area contributed by atoms with Crippen LogP contribution in [-0.4, -0.2) is 36.4 Å². The van der Waals surface area contributed by atoms with Gasteiger partial charge in [0.05, 0.1) is 13.2 Å². The molecule has 1 N–H and O–H groups in total. The molecule has 1 aromatic carbocycles. The summed E-state index contributed by atoms with van der Waals surface area (Å²) < 4.78 is 10.9. The number of benzene rings is 1. The molecule has 2 amide bonds. The molecule has 0 unspecified atom stereocenters. The van der Waals surface area contributed by atoms with Crippen molar-refractivity contribution in [3.8, 4) is 5.75 Å². The van der Waals surface area contributed by atoms with Crippen LogP contribution in [0.15, 0.2) is 40.8 Å². The summed E-state index contributed by atoms with van der Waals surface area (Å²) in [5, 5.41) is 2.85. The minimum Gasteiger partial charge on any atom is -0.494 e. The summed E-state index contributed by atoms with van der Waals surface area (Å²) in [7, 11) is 1.71. The summed E-state index contributed by atoms with van der Waals surface area (Å²) in [5.41, 5.74) is 0.487. The Morgan fingerprint density at radius 2 is 1.81 bits per heavy atom. The number of nitrogens with zero attached hydrogens (tertiary/aromatic N) is 1. The first-order valence-corrected chi connectivity index (χ1v) is 9.15. The molecule has 2 rings (SSSR count). The second-order valence-corrected chi connectivity index (χ2v) is 6.86. The van der Waals surface area contributed by atoms with Crippen molar-refractivity contribution in [2.45, 2.75) is 40.3 Å². The number of carbonyl (C=O) groups is 2. The Hall–Kier alpha value is -2.76. The number of rotatable bonds is 8. The van der Waals surface area contributed by atoms with Gasteiger partial charge in [-0.25, -0.2) is 0 Å². The predicted molar refractivity (Wildman–Crippen MR) is 104 cm³/mol. The molecule has 0 spiro atoms. The van der Waals surface area contributed by atoms with Gasteiger partial charge >= 0.3 is 0 Å². The third-order valence-electron chi connectivity index (χ3n) is 4.21. The van der Waals surface area contributed by atoms with Crippen LogP contribution < -0.4 is 10.1 Å². The first kappa shape index (κ1) is 20.6. The molecule has 0 fully saturated rings. The lowest BCUT2D eigenvalue weighted by Crippen LogP contribution is -2.50. The first-order chi connectivity index (χ1) is 12.8. The second kappa shape index (κ2) is 9.26. The van der Waals surface area contributed by atoms with Crippen molar-refractivity contribution in [3.63, 3.8) is 0 Å². The third kappa shape index (κ3) is 5.61. The Balaban J connectivity index is 2.04. The van der Waals surface area contributed by atoms with Crippen molar-refractivity contribution in [1.82, 2.24) is 10.2 Å². The molecule has 0 aliphatic heterocycles. The molecule has 6 nitrogen and oxygen atoms in total. The van der Waals surface area contributed by atoms with Crippen LogP contribution in [0.3, 0.4) is 0 Å². The minimum absolute atomic E-state index is 0.0510. The van der Waals surface area contributed by atoms with E-state index in [0.29, 0.717) is 30.2 Å². The SMILES string of the molecule is CCOc1ccc(C(=O)N[C@@H](C(=O)N(C)Cc2ccc(C)o2)C(C)C)cc1. The number of ether oxygens (including phenoxy) is 1. The number of carbonyl (C=O) groups excluding carboxylic acids is 2. The highest BCUT2D eigenvalue weighted by molar-refractivity contribution is 5.97. The van der Waals surface area contributed by atoms with Gasteiger partial charge in [0.1, 0.15) is 23.3 Å². The van der Waals surface area contributed by atoms with Crippen molar-refractivity contribution in [2.75, 3.05) is 13.7 Å². The molecule has 0 aliphatic carbocycles. The van der Waals surface area contributed by atoms with E-state index in [-0.39, 0.29) is 17.7 Å². The van der Waals surface area contributed by atoms with Crippen LogP contribution in [-0.2, 0) is 11.3 Å². The van der Waals surface area contributed by atoms with Gasteiger partial charge in [-0.1, -0.05) is 13.8 Å². The van der Waals surface area contributed by atoms with Gasteiger partial charge < -0.3 is 19.4 Å². The highest BCUT2D eigenvalue weighted by Crippen LogP contribution is 2.15. The normalized spacial score (nSPS) is 11.9. The fourth-order valence-corrected chi connectivity index (χ4v) is 2.73. The predicted octanol–water partition coefficient (Wildman–Crippen LogP) is 3.40. The van der Waals surface area contributed by atoms with E-state index in [1.165, 1.54) is 0 Å². The van der Waals surface area contributed by atoms with E-state index >= 15 is 0 Å². The van der Waals surface area contributed by atoms with Crippen molar-refractivity contribution in [3.05, 3.63) is 53.5 Å². The number of hydrogen-bond donors (Lipinski definition) is 1. The molecule has 0 radical (unpaired) electrons. The van der Waals surface area contributed by atoms with E-state index in [4.69, 9.17) is 9.15 Å². The number of amides is 2. The number of hydrogen-bond acceptors (Lipinski definition) is 4. The molecular formula is C21H28N2O4. The average molecular weight is 372 g/mol. The van der Waals surface area contributed by atoms with E-state index in [0.717, 1.165) is 5.76 Å². The largest absolute Gasteiger partial charge is 0.494 e. The maximum Gasteiger partial charge on any atom is 0.251 e. The minimum atomic E-state index is -0.620. The molecule has 1 heterocycles. The molecule has 27 heavy (non-hydrogen) atoms. The number of furan rings is 1. The Kier molecular flexibility index (Phi) is 7.05. The molecule has 146 valence electrons. The fraction of sp³-hybridized carbons (Fsp3) is 0.429. The summed E-state index contributed by atoms with van der Waals surface area (Å²) in [6.07, 6.45) is 0. The highest BCUT2D eigenvalue weighted by atomic mass is 16.5. The number of nitrogens with one attached hydrogen (secondary N) is 1. The molecule has 0 saturated heterocycles. The van der Waals surface area contributed by atoms with Crippen molar-refractivity contribution >= 4 is 11.8 Å². The zero-order chi connectivity index (χ0) is 20.0. The monoisotopic (exact) mass is 372 g/mol. The standard InChI is InChI=1S/C21H28N2O4/c1-6-26-17-11-8-16(9-12-17)20(24)22-19(14(2)3)21(25)23(5)13-18-10-7-15(4)27-18/h7-12,14,19H,6,13H2,1-5H3,(H,22,24)/t19-/m1/s1. The van der Waals surface area contributed by atoms with Gasteiger partial charge in [0, 0.05) is 12.6 Å². The fourth-order valence-electron chi connectivity index (χ4n) is 2.73. The van der Waals surface area contributed by atoms with E-state index in [9.17, 15) is 9.59 Å². The van der Waals surface area contributed by atoms with Crippen LogP contribution in [0.1, 0.15) is 42.6 Å². The summed E-state index contributed by atoms with van der Waals surface area (Å²) in [4.78, 5) is 27.0. The molecule has 1 aromatic heterocycles. The molecule has 0 aliphatic rings. The number of aryl methyl sites for hydroxylation is 1. The van der Waals surface area contributed by atoms with Crippen molar-refractivity contribution < 1.29 is 18.7 Å². The number of likely N-dealkylation sites (N-methyl/N-ethyl adjacent to an activating group) is 1. The average Bonchev–Trinajstić information content (AvgIpc) is 3.04. The van der Waals surface area contributed by atoms with Crippen LogP contribution >= 0.6 is 0 Å². The molecule has 1 atom stereocenters. The van der Waals surface area contributed by atoms with Gasteiger partial charge in [0.2, 0.25) is 5.91 Å². The van der Waals surface area contributed by atoms with E-state index in [1.54, 1.807) is 36.2 Å². The smallest absolute Gasteiger partial charge is 0.251 e. The third-order valence-corrected chi connectivity index (χ3v) is 4.21. The lowest BCUT2D eigenvalue weighted by atomic mass is 10.0. The first-order valence-electron chi connectivity index (χ1n) is 9.15. The van der Waals surface area contributed by atoms with Crippen LogP contribution in [0, 0.1) is 12.8 Å². The summed E-state index contributed by atoms with van der Waals surface area (Å²) in [6, 6.07) is 9.97. The van der Waals surface area contributed by atoms with E-state index < -0.39 is 6.04 Å². The van der Waals surface area contributed by atoms with E-state index in [1.807, 2.05) is 39.8 Å². The lowest BCUT2D eigenvalue weighted by Gasteiger charge is -2.26. The zero-order valence-corrected chi connectivity index (χ0v) is 16.6. The molecule has 6 heteroatoms. The van der Waals surface area contributed by atoms with Gasteiger partial charge in [-0.15, -0.1) is 0 Å². The molecular weight excluding hydrogens is 344 g/mol. The Bertz CT molecular complexity index is 765. The van der Waals surface area contributed by atoms with Crippen LogP contribution in [0.5, 0.6) is 5.75 Å². The quantitative estimate of drug-likeness (QED) is 0.771. The van der Waals surface area contributed by atoms with E-state index in [2.05, 4.69) is 5.32 Å². The van der Waals surface area contributed by atoms with Crippen molar-refractivity contribution in [1.29, 1.82) is 0 Å². The van der Waals surface area contributed by atoms with Crippen molar-refractivity contribution in [2.24, 2.45) is 5.92 Å². The molecule has 0 saturated carbocycles. The zero-order valence-electron chi connectivity index (χ0n) is 16.6. The summed E-state index contributed by atoms with van der Waals surface area (Å²) in [6.45, 7) is 8.50. The van der Waals surface area contributed by atoms with Gasteiger partial charge in [-0.05, 0) is 56.2 Å². The Morgan fingerprint density at radius 3 is 2.33 bits per heavy atom. The maximum atomic E-state index is 12.9. The van der Waals surface area contributed by atoms with Gasteiger partial charge in [-0.3, -0.25) is 9.59 Å². The summed E-state index contributed by atoms with van der Waals surface area (Å²) >= 11 is 0. The van der Waals surface area contributed by atoms with Crippen LogP contribution in [0.4, 0.5) is 0 Å². The Labute approximate surface area is 160 Å². The summed E-state index contributed by atoms with van der Waals surface area (Å²) in [5.74, 6) is 1.73. The molecule has 0 bridgehead atoms. The van der Waals surface area contributed by atoms with Gasteiger partial charge in [-0.2, -0.15) is 0 Å². The Morgan fingerprint density at radius 1 is 1.15 bits per heavy atom.